The van der Waals surface area contributed by atoms with Crippen LogP contribution in [0.2, 0.25) is 0 Å². The van der Waals surface area contributed by atoms with Gasteiger partial charge in [-0.3, -0.25) is 0 Å². The molecule has 0 spiro atoms. The van der Waals surface area contributed by atoms with Gasteiger partial charge in [0.25, 0.3) is 0 Å². The minimum Gasteiger partial charge on any atom is -0.317 e. The van der Waals surface area contributed by atoms with Gasteiger partial charge in [-0.05, 0) is 26.3 Å². The van der Waals surface area contributed by atoms with E-state index in [0.717, 1.165) is 12.8 Å². The highest BCUT2D eigenvalue weighted by atomic mass is 19.4. The lowest BCUT2D eigenvalue weighted by atomic mass is 10.0. The molecule has 0 fully saturated rings. The van der Waals surface area contributed by atoms with Crippen LogP contribution < -0.4 is 5.32 Å². The first-order valence-electron chi connectivity index (χ1n) is 7.73. The normalized spacial score (nSPS) is 13.7. The standard InChI is InChI=1S/C15H30F3N/c1-3-4-5-6-7-8-9-11-14(19-2)12-10-13-15(16,17)18/h14,19H,3-13H2,1-2H3. The second-order valence-electron chi connectivity index (χ2n) is 5.40. The lowest BCUT2D eigenvalue weighted by Gasteiger charge is -2.16. The third kappa shape index (κ3) is 14.0. The van der Waals surface area contributed by atoms with E-state index in [0.29, 0.717) is 6.42 Å². The lowest BCUT2D eigenvalue weighted by Crippen LogP contribution is -2.25. The van der Waals surface area contributed by atoms with Gasteiger partial charge < -0.3 is 5.32 Å². The zero-order valence-corrected chi connectivity index (χ0v) is 12.5. The van der Waals surface area contributed by atoms with Crippen LogP contribution in [0.5, 0.6) is 0 Å². The van der Waals surface area contributed by atoms with Crippen LogP contribution in [0.1, 0.15) is 77.6 Å². The van der Waals surface area contributed by atoms with E-state index in [4.69, 9.17) is 0 Å². The van der Waals surface area contributed by atoms with Gasteiger partial charge >= 0.3 is 6.18 Å². The summed E-state index contributed by atoms with van der Waals surface area (Å²) >= 11 is 0. The molecule has 0 aromatic carbocycles. The minimum absolute atomic E-state index is 0.242. The van der Waals surface area contributed by atoms with Gasteiger partial charge in [-0.1, -0.05) is 51.9 Å². The number of rotatable bonds is 12. The van der Waals surface area contributed by atoms with E-state index < -0.39 is 12.6 Å². The summed E-state index contributed by atoms with van der Waals surface area (Å²) < 4.78 is 36.1. The number of halogens is 3. The van der Waals surface area contributed by atoms with Crippen molar-refractivity contribution >= 4 is 0 Å². The fourth-order valence-electron chi connectivity index (χ4n) is 2.33. The molecular formula is C15H30F3N. The second kappa shape index (κ2) is 11.6. The predicted molar refractivity (Wildman–Crippen MR) is 75.4 cm³/mol. The zero-order valence-electron chi connectivity index (χ0n) is 12.5. The summed E-state index contributed by atoms with van der Waals surface area (Å²) in [6.07, 6.45) is 6.02. The first-order valence-corrected chi connectivity index (χ1v) is 7.73. The molecule has 116 valence electrons. The molecule has 0 bridgehead atoms. The van der Waals surface area contributed by atoms with E-state index in [2.05, 4.69) is 12.2 Å². The largest absolute Gasteiger partial charge is 0.389 e. The van der Waals surface area contributed by atoms with Gasteiger partial charge in [0.1, 0.15) is 0 Å². The number of unbranched alkanes of at least 4 members (excludes halogenated alkanes) is 6. The molecule has 4 heteroatoms. The van der Waals surface area contributed by atoms with Crippen LogP contribution in [0.15, 0.2) is 0 Å². The highest BCUT2D eigenvalue weighted by Crippen LogP contribution is 2.23. The number of hydrogen-bond donors (Lipinski definition) is 1. The Hall–Kier alpha value is -0.250. The van der Waals surface area contributed by atoms with Gasteiger partial charge in [-0.25, -0.2) is 0 Å². The smallest absolute Gasteiger partial charge is 0.317 e. The molecule has 0 saturated heterocycles. The van der Waals surface area contributed by atoms with Gasteiger partial charge in [0, 0.05) is 12.5 Å². The van der Waals surface area contributed by atoms with Crippen LogP contribution in [0.4, 0.5) is 13.2 Å². The van der Waals surface area contributed by atoms with Crippen molar-refractivity contribution in [3.8, 4) is 0 Å². The maximum atomic E-state index is 12.0. The Kier molecular flexibility index (Phi) is 11.4. The Morgan fingerprint density at radius 3 is 1.89 bits per heavy atom. The average Bonchev–Trinajstić information content (AvgIpc) is 2.34. The highest BCUT2D eigenvalue weighted by Gasteiger charge is 2.26. The van der Waals surface area contributed by atoms with Crippen LogP contribution in [0, 0.1) is 0 Å². The fraction of sp³-hybridized carbons (Fsp3) is 1.00. The lowest BCUT2D eigenvalue weighted by molar-refractivity contribution is -0.135. The second-order valence-corrected chi connectivity index (χ2v) is 5.40. The molecule has 19 heavy (non-hydrogen) atoms. The third-order valence-corrected chi connectivity index (χ3v) is 3.58. The monoisotopic (exact) mass is 281 g/mol. The molecule has 1 nitrogen and oxygen atoms in total. The van der Waals surface area contributed by atoms with E-state index in [1.54, 1.807) is 0 Å². The molecule has 1 atom stereocenters. The number of nitrogens with one attached hydrogen (secondary N) is 1. The van der Waals surface area contributed by atoms with Gasteiger partial charge in [0.15, 0.2) is 0 Å². The van der Waals surface area contributed by atoms with Crippen LogP contribution in [0.25, 0.3) is 0 Å². The van der Waals surface area contributed by atoms with E-state index in [1.807, 2.05) is 7.05 Å². The van der Waals surface area contributed by atoms with Crippen LogP contribution in [-0.2, 0) is 0 Å². The molecule has 1 N–H and O–H groups in total. The van der Waals surface area contributed by atoms with E-state index in [-0.39, 0.29) is 12.5 Å². The Bertz CT molecular complexity index is 192. The Labute approximate surface area is 116 Å². The molecule has 0 radical (unpaired) electrons. The molecule has 0 aliphatic carbocycles. The van der Waals surface area contributed by atoms with E-state index in [9.17, 15) is 13.2 Å². The SMILES string of the molecule is CCCCCCCCCC(CCCC(F)(F)F)NC. The van der Waals surface area contributed by atoms with Crippen molar-refractivity contribution in [1.29, 1.82) is 0 Å². The molecular weight excluding hydrogens is 251 g/mol. The third-order valence-electron chi connectivity index (χ3n) is 3.58. The zero-order chi connectivity index (χ0) is 14.6. The van der Waals surface area contributed by atoms with Gasteiger partial charge in [-0.15, -0.1) is 0 Å². The van der Waals surface area contributed by atoms with Crippen molar-refractivity contribution in [2.24, 2.45) is 0 Å². The summed E-state index contributed by atoms with van der Waals surface area (Å²) in [5, 5.41) is 3.13. The summed E-state index contributed by atoms with van der Waals surface area (Å²) in [7, 11) is 1.85. The van der Waals surface area contributed by atoms with E-state index in [1.165, 1.54) is 38.5 Å². The first kappa shape index (κ1) is 18.8. The first-order chi connectivity index (χ1) is 8.99. The molecule has 0 aliphatic heterocycles. The van der Waals surface area contributed by atoms with Crippen molar-refractivity contribution < 1.29 is 13.2 Å². The maximum Gasteiger partial charge on any atom is 0.389 e. The molecule has 0 heterocycles. The minimum atomic E-state index is -4.00. The topological polar surface area (TPSA) is 12.0 Å². The van der Waals surface area contributed by atoms with Crippen LogP contribution >= 0.6 is 0 Å². The van der Waals surface area contributed by atoms with Gasteiger partial charge in [0.2, 0.25) is 0 Å². The van der Waals surface area contributed by atoms with Crippen molar-refractivity contribution in [2.45, 2.75) is 89.8 Å². The summed E-state index contributed by atoms with van der Waals surface area (Å²) in [4.78, 5) is 0. The molecule has 1 unspecified atom stereocenters. The average molecular weight is 281 g/mol. The Morgan fingerprint density at radius 1 is 0.842 bits per heavy atom. The molecule has 0 saturated carbocycles. The molecule has 0 rings (SSSR count). The molecule has 0 aromatic rings. The predicted octanol–water partition coefficient (Wildman–Crippen LogP) is 5.45. The summed E-state index contributed by atoms with van der Waals surface area (Å²) in [5.74, 6) is 0. The van der Waals surface area contributed by atoms with E-state index >= 15 is 0 Å². The van der Waals surface area contributed by atoms with Crippen LogP contribution in [0.3, 0.4) is 0 Å². The molecule has 0 aromatic heterocycles. The van der Waals surface area contributed by atoms with Crippen molar-refractivity contribution in [2.75, 3.05) is 7.05 Å². The molecule has 0 aliphatic rings. The number of alkyl halides is 3. The molecule has 0 amide bonds. The summed E-state index contributed by atoms with van der Waals surface area (Å²) in [6.45, 7) is 2.21. The van der Waals surface area contributed by atoms with Crippen molar-refractivity contribution in [1.82, 2.24) is 5.32 Å². The number of hydrogen-bond acceptors (Lipinski definition) is 1. The Balaban J connectivity index is 3.44. The van der Waals surface area contributed by atoms with Crippen molar-refractivity contribution in [3.63, 3.8) is 0 Å². The van der Waals surface area contributed by atoms with Crippen molar-refractivity contribution in [3.05, 3.63) is 0 Å². The maximum absolute atomic E-state index is 12.0. The Morgan fingerprint density at radius 2 is 1.37 bits per heavy atom. The van der Waals surface area contributed by atoms with Gasteiger partial charge in [-0.2, -0.15) is 13.2 Å². The quantitative estimate of drug-likeness (QED) is 0.469. The van der Waals surface area contributed by atoms with Gasteiger partial charge in [0.05, 0.1) is 0 Å². The highest BCUT2D eigenvalue weighted by molar-refractivity contribution is 4.66. The fourth-order valence-corrected chi connectivity index (χ4v) is 2.33. The summed E-state index contributed by atoms with van der Waals surface area (Å²) in [6, 6.07) is 0.248. The summed E-state index contributed by atoms with van der Waals surface area (Å²) in [5.41, 5.74) is 0. The van der Waals surface area contributed by atoms with Crippen LogP contribution in [-0.4, -0.2) is 19.3 Å².